The highest BCUT2D eigenvalue weighted by Gasteiger charge is 2.41. The number of hydrogen-bond donors (Lipinski definition) is 0. The molecule has 4 amide bonds. The normalized spacial score (nSPS) is 17.3. The lowest BCUT2D eigenvalue weighted by molar-refractivity contribution is 0.0872. The zero-order valence-electron chi connectivity index (χ0n) is 22.6. The molecule has 4 aromatic carbocycles. The number of para-hydroxylation sites is 1. The number of carbonyl (C=O) groups is 4. The standard InChI is InChI=1S/C34H21N3O4S2/c38-30-22-13-15-24-29-25(33(41)37(32(24)40)26-7-3-4-8-27(26)43-34-35-17-18-42-34)16-14-23(28(22)29)31(39)36(30)21-11-9-20(10-12-21)19-5-1-2-6-19/h1,3-16H,2,17-18H2. The number of rotatable bonds is 4. The Kier molecular flexibility index (Phi) is 5.99. The molecule has 4 aromatic rings. The maximum absolute atomic E-state index is 14.0. The van der Waals surface area contributed by atoms with Crippen molar-refractivity contribution in [3.8, 4) is 0 Å². The highest BCUT2D eigenvalue weighted by molar-refractivity contribution is 8.39. The van der Waals surface area contributed by atoms with Gasteiger partial charge >= 0.3 is 0 Å². The summed E-state index contributed by atoms with van der Waals surface area (Å²) in [5.41, 5.74) is 4.15. The van der Waals surface area contributed by atoms with Crippen molar-refractivity contribution in [2.24, 2.45) is 4.99 Å². The third-order valence-corrected chi connectivity index (χ3v) is 10.2. The lowest BCUT2D eigenvalue weighted by Crippen LogP contribution is -2.43. The summed E-state index contributed by atoms with van der Waals surface area (Å²) in [6.07, 6.45) is 7.13. The van der Waals surface area contributed by atoms with E-state index in [4.69, 9.17) is 0 Å². The SMILES string of the molecule is O=C1c2ccc3c4c(ccc(c24)C(=O)N1c1ccc(C2=CCC=C2)cc1)C(=O)N(c1ccccc1SC1=NCCS1)C3=O. The van der Waals surface area contributed by atoms with Crippen LogP contribution < -0.4 is 9.80 Å². The van der Waals surface area contributed by atoms with Crippen molar-refractivity contribution in [2.75, 3.05) is 22.1 Å². The van der Waals surface area contributed by atoms with Crippen LogP contribution in [0.5, 0.6) is 0 Å². The summed E-state index contributed by atoms with van der Waals surface area (Å²) in [5, 5.41) is 0.693. The molecule has 4 aliphatic rings. The molecule has 0 spiro atoms. The second kappa shape index (κ2) is 9.93. The number of thioether (sulfide) groups is 2. The maximum atomic E-state index is 14.0. The van der Waals surface area contributed by atoms with Crippen molar-refractivity contribution in [2.45, 2.75) is 11.3 Å². The molecular weight excluding hydrogens is 579 g/mol. The van der Waals surface area contributed by atoms with Gasteiger partial charge in [0.1, 0.15) is 4.38 Å². The summed E-state index contributed by atoms with van der Waals surface area (Å²) in [6, 6.07) is 21.0. The number of carbonyl (C=O) groups excluding carboxylic acids is 4. The topological polar surface area (TPSA) is 87.1 Å². The highest BCUT2D eigenvalue weighted by atomic mass is 32.2. The minimum absolute atomic E-state index is 0.277. The molecule has 208 valence electrons. The van der Waals surface area contributed by atoms with Crippen molar-refractivity contribution in [1.29, 1.82) is 0 Å². The fourth-order valence-electron chi connectivity index (χ4n) is 6.00. The number of benzene rings is 4. The summed E-state index contributed by atoms with van der Waals surface area (Å²) >= 11 is 3.09. The first-order valence-corrected chi connectivity index (χ1v) is 15.6. The van der Waals surface area contributed by atoms with Crippen molar-refractivity contribution in [3.63, 3.8) is 0 Å². The lowest BCUT2D eigenvalue weighted by atomic mass is 9.85. The molecule has 3 heterocycles. The van der Waals surface area contributed by atoms with Crippen LogP contribution in [0.25, 0.3) is 16.3 Å². The molecule has 0 atom stereocenters. The Morgan fingerprint density at radius 3 is 1.86 bits per heavy atom. The van der Waals surface area contributed by atoms with Crippen molar-refractivity contribution in [3.05, 3.63) is 119 Å². The smallest absolute Gasteiger partial charge is 0.266 e. The lowest BCUT2D eigenvalue weighted by Gasteiger charge is -2.32. The van der Waals surface area contributed by atoms with Gasteiger partial charge in [-0.2, -0.15) is 0 Å². The van der Waals surface area contributed by atoms with Gasteiger partial charge in [-0.25, -0.2) is 9.80 Å². The highest BCUT2D eigenvalue weighted by Crippen LogP contribution is 2.42. The minimum atomic E-state index is -0.497. The summed E-state index contributed by atoms with van der Waals surface area (Å²) in [7, 11) is 0. The van der Waals surface area contributed by atoms with Gasteiger partial charge in [-0.3, -0.25) is 24.2 Å². The van der Waals surface area contributed by atoms with E-state index < -0.39 is 23.6 Å². The first-order valence-electron chi connectivity index (χ1n) is 13.8. The van der Waals surface area contributed by atoms with E-state index >= 15 is 0 Å². The molecule has 0 bridgehead atoms. The van der Waals surface area contributed by atoms with Crippen molar-refractivity contribution < 1.29 is 19.2 Å². The van der Waals surface area contributed by atoms with Gasteiger partial charge in [0.15, 0.2) is 0 Å². The van der Waals surface area contributed by atoms with E-state index in [1.54, 1.807) is 60.3 Å². The van der Waals surface area contributed by atoms with Crippen molar-refractivity contribution in [1.82, 2.24) is 0 Å². The van der Waals surface area contributed by atoms with E-state index in [1.807, 2.05) is 30.3 Å². The van der Waals surface area contributed by atoms with Gasteiger partial charge in [0, 0.05) is 43.7 Å². The van der Waals surface area contributed by atoms with E-state index in [0.717, 1.165) is 44.0 Å². The molecule has 0 radical (unpaired) electrons. The van der Waals surface area contributed by atoms with E-state index in [1.165, 1.54) is 16.7 Å². The quantitative estimate of drug-likeness (QED) is 0.235. The summed E-state index contributed by atoms with van der Waals surface area (Å²) in [4.78, 5) is 63.3. The van der Waals surface area contributed by atoms with Crippen LogP contribution in [0.15, 0.2) is 101 Å². The van der Waals surface area contributed by atoms with Gasteiger partial charge in [0.25, 0.3) is 23.6 Å². The van der Waals surface area contributed by atoms with Crippen LogP contribution in [0.1, 0.15) is 53.4 Å². The van der Waals surface area contributed by atoms with Gasteiger partial charge in [-0.1, -0.05) is 66.0 Å². The molecular formula is C34H21N3O4S2. The first-order chi connectivity index (χ1) is 21.0. The van der Waals surface area contributed by atoms with Crippen molar-refractivity contribution >= 4 is 79.2 Å². The number of anilines is 2. The Labute approximate surface area is 255 Å². The average Bonchev–Trinajstić information content (AvgIpc) is 3.75. The molecule has 3 aliphatic heterocycles. The largest absolute Gasteiger partial charge is 0.271 e. The fraction of sp³-hybridized carbons (Fsp3) is 0.0882. The predicted octanol–water partition coefficient (Wildman–Crippen LogP) is 6.98. The van der Waals surface area contributed by atoms with Crippen LogP contribution in [0.4, 0.5) is 11.4 Å². The third kappa shape index (κ3) is 3.96. The van der Waals surface area contributed by atoms with Crippen LogP contribution in [0.2, 0.25) is 0 Å². The van der Waals surface area contributed by atoms with E-state index in [0.29, 0.717) is 22.1 Å². The van der Waals surface area contributed by atoms with Gasteiger partial charge in [-0.15, -0.1) is 0 Å². The molecule has 0 fully saturated rings. The Morgan fingerprint density at radius 1 is 0.698 bits per heavy atom. The van der Waals surface area contributed by atoms with Crippen LogP contribution in [-0.4, -0.2) is 40.3 Å². The molecule has 8 rings (SSSR count). The number of hydrogen-bond acceptors (Lipinski definition) is 7. The van der Waals surface area contributed by atoms with Crippen LogP contribution in [-0.2, 0) is 0 Å². The predicted molar refractivity (Wildman–Crippen MR) is 171 cm³/mol. The second-order valence-corrected chi connectivity index (χ2v) is 12.7. The van der Waals surface area contributed by atoms with Gasteiger partial charge in [0.05, 0.1) is 17.9 Å². The number of aliphatic imine (C=N–C) groups is 1. The minimum Gasteiger partial charge on any atom is -0.271 e. The Hall–Kier alpha value is -4.73. The first kappa shape index (κ1) is 25.9. The molecule has 0 N–H and O–H groups in total. The Bertz CT molecular complexity index is 1970. The van der Waals surface area contributed by atoms with Gasteiger partial charge in [0.2, 0.25) is 0 Å². The molecule has 0 saturated carbocycles. The maximum Gasteiger partial charge on any atom is 0.266 e. The zero-order chi connectivity index (χ0) is 29.2. The number of allylic oxidation sites excluding steroid dienone is 4. The summed E-state index contributed by atoms with van der Waals surface area (Å²) in [6.45, 7) is 0.743. The monoisotopic (exact) mass is 599 g/mol. The van der Waals surface area contributed by atoms with E-state index in [9.17, 15) is 19.2 Å². The number of imide groups is 2. The summed E-state index contributed by atoms with van der Waals surface area (Å²) in [5.74, 6) is -1.07. The molecule has 43 heavy (non-hydrogen) atoms. The van der Waals surface area contributed by atoms with Gasteiger partial charge in [-0.05, 0) is 66.1 Å². The molecule has 1 aliphatic carbocycles. The molecule has 0 unspecified atom stereocenters. The van der Waals surface area contributed by atoms with Crippen LogP contribution in [0.3, 0.4) is 0 Å². The Balaban J connectivity index is 1.20. The van der Waals surface area contributed by atoms with Crippen LogP contribution in [0, 0.1) is 0 Å². The zero-order valence-corrected chi connectivity index (χ0v) is 24.2. The third-order valence-electron chi connectivity index (χ3n) is 7.99. The fourth-order valence-corrected chi connectivity index (χ4v) is 8.05. The van der Waals surface area contributed by atoms with E-state index in [2.05, 4.69) is 17.1 Å². The molecule has 9 heteroatoms. The van der Waals surface area contributed by atoms with Crippen LogP contribution >= 0.6 is 23.5 Å². The second-order valence-electron chi connectivity index (χ2n) is 10.4. The summed E-state index contributed by atoms with van der Waals surface area (Å²) < 4.78 is 0.895. The van der Waals surface area contributed by atoms with E-state index in [-0.39, 0.29) is 22.3 Å². The number of nitrogens with zero attached hydrogens (tertiary/aromatic N) is 3. The number of amides is 4. The molecule has 0 aromatic heterocycles. The Morgan fingerprint density at radius 2 is 1.30 bits per heavy atom. The molecule has 7 nitrogen and oxygen atoms in total. The average molecular weight is 600 g/mol. The molecule has 0 saturated heterocycles. The van der Waals surface area contributed by atoms with Gasteiger partial charge < -0.3 is 0 Å².